The van der Waals surface area contributed by atoms with E-state index in [0.29, 0.717) is 5.36 Å². The molecule has 0 amide bonds. The van der Waals surface area contributed by atoms with Gasteiger partial charge in [0.2, 0.25) is 0 Å². The predicted molar refractivity (Wildman–Crippen MR) is 34.9 cm³/mol. The fourth-order valence-electron chi connectivity index (χ4n) is 0.829. The van der Waals surface area contributed by atoms with E-state index in [2.05, 4.69) is 4.79 Å². The van der Waals surface area contributed by atoms with Gasteiger partial charge < -0.3 is 9.95 Å². The van der Waals surface area contributed by atoms with Crippen LogP contribution in [-0.4, -0.2) is 4.79 Å². The molecule has 0 N–H and O–H groups in total. The topological polar surface area (TPSA) is 49.5 Å². The lowest BCUT2D eigenvalue weighted by atomic mass is 10.3. The van der Waals surface area contributed by atoms with Crippen LogP contribution in [0.3, 0.4) is 0 Å². The first-order valence-corrected chi connectivity index (χ1v) is 2.99. The number of rotatable bonds is 0. The Morgan fingerprint density at radius 3 is 2.20 bits per heavy atom. The molecular weight excluding hydrogens is 128 g/mol. The fourth-order valence-corrected chi connectivity index (χ4v) is 0.829. The molecule has 0 saturated heterocycles. The van der Waals surface area contributed by atoms with Crippen molar-refractivity contribution < 1.29 is 9.21 Å². The Hall–Kier alpha value is -1.34. The van der Waals surface area contributed by atoms with Crippen LogP contribution in [0.2, 0.25) is 0 Å². The van der Waals surface area contributed by atoms with Crippen molar-refractivity contribution in [3.63, 3.8) is 0 Å². The molecule has 52 valence electrons. The SMILES string of the molecule is Cc1cc(=[N+]=[N-])cc(C)o1. The first-order chi connectivity index (χ1) is 4.72. The molecule has 1 rings (SSSR count). The number of aryl methyl sites for hydroxylation is 2. The summed E-state index contributed by atoms with van der Waals surface area (Å²) >= 11 is 0. The number of hydrogen-bond donors (Lipinski definition) is 0. The molecule has 0 bridgehead atoms. The van der Waals surface area contributed by atoms with E-state index >= 15 is 0 Å². The normalized spacial score (nSPS) is 9.00. The summed E-state index contributed by atoms with van der Waals surface area (Å²) in [6.45, 7) is 3.61. The van der Waals surface area contributed by atoms with Crippen molar-refractivity contribution in [2.75, 3.05) is 0 Å². The van der Waals surface area contributed by atoms with Crippen molar-refractivity contribution >= 4 is 0 Å². The van der Waals surface area contributed by atoms with Crippen LogP contribution >= 0.6 is 0 Å². The van der Waals surface area contributed by atoms with Crippen molar-refractivity contribution in [3.05, 3.63) is 34.5 Å². The van der Waals surface area contributed by atoms with E-state index in [-0.39, 0.29) is 0 Å². The maximum absolute atomic E-state index is 8.37. The largest absolute Gasteiger partial charge is 0.466 e. The predicted octanol–water partition coefficient (Wildman–Crippen LogP) is 1.03. The van der Waals surface area contributed by atoms with Gasteiger partial charge in [0.05, 0.1) is 12.1 Å². The molecule has 1 aromatic heterocycles. The van der Waals surface area contributed by atoms with Crippen molar-refractivity contribution in [3.8, 4) is 0 Å². The highest BCUT2D eigenvalue weighted by Crippen LogP contribution is 1.95. The Morgan fingerprint density at radius 1 is 1.30 bits per heavy atom. The molecule has 0 aliphatic carbocycles. The van der Waals surface area contributed by atoms with Crippen LogP contribution in [-0.2, 0) is 0 Å². The van der Waals surface area contributed by atoms with E-state index in [1.807, 2.05) is 13.8 Å². The monoisotopic (exact) mass is 136 g/mol. The van der Waals surface area contributed by atoms with E-state index < -0.39 is 0 Å². The molecule has 0 spiro atoms. The van der Waals surface area contributed by atoms with Gasteiger partial charge in [0.15, 0.2) is 0 Å². The molecule has 1 aromatic rings. The standard InChI is InChI=1S/C7H8N2O/c1-5-3-7(9-8)4-6(2)10-5/h3-4H,1-2H3. The molecule has 0 aliphatic rings. The van der Waals surface area contributed by atoms with Gasteiger partial charge >= 0.3 is 5.36 Å². The first-order valence-electron chi connectivity index (χ1n) is 2.99. The molecule has 0 aromatic carbocycles. The zero-order valence-corrected chi connectivity index (χ0v) is 5.96. The summed E-state index contributed by atoms with van der Waals surface area (Å²) in [4.78, 5) is 3.03. The molecular formula is C7H8N2O. The third-order valence-electron chi connectivity index (χ3n) is 1.14. The zero-order valence-electron chi connectivity index (χ0n) is 5.96. The minimum absolute atomic E-state index is 0.529. The van der Waals surface area contributed by atoms with Gasteiger partial charge in [-0.25, -0.2) is 0 Å². The highest BCUT2D eigenvalue weighted by molar-refractivity contribution is 5.00. The van der Waals surface area contributed by atoms with Gasteiger partial charge in [0, 0.05) is 0 Å². The molecule has 3 heteroatoms. The first kappa shape index (κ1) is 6.78. The van der Waals surface area contributed by atoms with E-state index in [0.717, 1.165) is 11.5 Å². The molecule has 3 nitrogen and oxygen atoms in total. The van der Waals surface area contributed by atoms with E-state index in [9.17, 15) is 0 Å². The molecule has 1 heterocycles. The lowest BCUT2D eigenvalue weighted by molar-refractivity contribution is -0.0658. The summed E-state index contributed by atoms with van der Waals surface area (Å²) in [6, 6.07) is 3.32. The quantitative estimate of drug-likeness (QED) is 0.388. The number of nitrogens with zero attached hydrogens (tertiary/aromatic N) is 2. The zero-order chi connectivity index (χ0) is 7.56. The van der Waals surface area contributed by atoms with Gasteiger partial charge in [-0.1, -0.05) is 0 Å². The van der Waals surface area contributed by atoms with E-state index in [1.54, 1.807) is 12.1 Å². The second-order valence-corrected chi connectivity index (χ2v) is 2.14. The van der Waals surface area contributed by atoms with Crippen molar-refractivity contribution in [2.45, 2.75) is 13.8 Å². The second-order valence-electron chi connectivity index (χ2n) is 2.14. The molecule has 0 radical (unpaired) electrons. The number of hydrogen-bond acceptors (Lipinski definition) is 1. The minimum atomic E-state index is 0.529. The Bertz CT molecular complexity index is 297. The van der Waals surface area contributed by atoms with Crippen LogP contribution in [0.4, 0.5) is 0 Å². The molecule has 0 aliphatic heterocycles. The maximum Gasteiger partial charge on any atom is 0.322 e. The lowest BCUT2D eigenvalue weighted by Gasteiger charge is -1.89. The summed E-state index contributed by atoms with van der Waals surface area (Å²) in [7, 11) is 0. The fraction of sp³-hybridized carbons (Fsp3) is 0.286. The molecule has 10 heavy (non-hydrogen) atoms. The van der Waals surface area contributed by atoms with Crippen LogP contribution in [0, 0.1) is 13.8 Å². The minimum Gasteiger partial charge on any atom is -0.466 e. The Kier molecular flexibility index (Phi) is 1.69. The third kappa shape index (κ3) is 1.33. The average molecular weight is 136 g/mol. The smallest absolute Gasteiger partial charge is 0.322 e. The Morgan fingerprint density at radius 2 is 1.80 bits per heavy atom. The van der Waals surface area contributed by atoms with Gasteiger partial charge in [-0.15, -0.1) is 0 Å². The lowest BCUT2D eigenvalue weighted by Crippen LogP contribution is -2.02. The second kappa shape index (κ2) is 2.50. The summed E-state index contributed by atoms with van der Waals surface area (Å²) in [6.07, 6.45) is 0. The highest BCUT2D eigenvalue weighted by Gasteiger charge is 1.94. The van der Waals surface area contributed by atoms with Crippen LogP contribution in [0.25, 0.3) is 5.53 Å². The summed E-state index contributed by atoms with van der Waals surface area (Å²) < 4.78 is 5.15. The summed E-state index contributed by atoms with van der Waals surface area (Å²) in [5, 5.41) is 0.529. The van der Waals surface area contributed by atoms with Crippen molar-refractivity contribution in [2.24, 2.45) is 0 Å². The molecule has 0 atom stereocenters. The summed E-state index contributed by atoms with van der Waals surface area (Å²) in [5.74, 6) is 1.49. The maximum atomic E-state index is 8.37. The van der Waals surface area contributed by atoms with E-state index in [4.69, 9.17) is 9.95 Å². The van der Waals surface area contributed by atoms with Crippen LogP contribution in [0.15, 0.2) is 16.5 Å². The van der Waals surface area contributed by atoms with Crippen LogP contribution in [0.1, 0.15) is 11.5 Å². The molecule has 0 unspecified atom stereocenters. The Labute approximate surface area is 58.5 Å². The van der Waals surface area contributed by atoms with Crippen molar-refractivity contribution in [1.29, 1.82) is 0 Å². The summed E-state index contributed by atoms with van der Waals surface area (Å²) in [5.41, 5.74) is 8.37. The van der Waals surface area contributed by atoms with Gasteiger partial charge in [-0.2, -0.15) is 4.79 Å². The molecule has 0 saturated carbocycles. The highest BCUT2D eigenvalue weighted by atomic mass is 16.3. The van der Waals surface area contributed by atoms with Crippen molar-refractivity contribution in [1.82, 2.24) is 0 Å². The van der Waals surface area contributed by atoms with Gasteiger partial charge in [0.25, 0.3) is 0 Å². The Balaban J connectivity index is 3.48. The third-order valence-corrected chi connectivity index (χ3v) is 1.14. The molecule has 0 fully saturated rings. The van der Waals surface area contributed by atoms with E-state index in [1.165, 1.54) is 0 Å². The van der Waals surface area contributed by atoms with Gasteiger partial charge in [0.1, 0.15) is 11.5 Å². The van der Waals surface area contributed by atoms with Crippen LogP contribution < -0.4 is 5.36 Å². The average Bonchev–Trinajstić information content (AvgIpc) is 1.85. The van der Waals surface area contributed by atoms with Gasteiger partial charge in [-0.3, -0.25) is 0 Å². The van der Waals surface area contributed by atoms with Crippen LogP contribution in [0.5, 0.6) is 0 Å². The van der Waals surface area contributed by atoms with Gasteiger partial charge in [-0.05, 0) is 13.8 Å².